The lowest BCUT2D eigenvalue weighted by Crippen LogP contribution is -2.25. The van der Waals surface area contributed by atoms with Crippen LogP contribution < -0.4 is 0 Å². The summed E-state index contributed by atoms with van der Waals surface area (Å²) in [4.78, 5) is 11.8. The maximum atomic E-state index is 12.1. The molecular weight excluding hydrogens is 440 g/mol. The molecule has 0 saturated heterocycles. The van der Waals surface area contributed by atoms with Crippen LogP contribution in [0.5, 0.6) is 0 Å². The van der Waals surface area contributed by atoms with Crippen LogP contribution in [-0.4, -0.2) is 38.8 Å². The van der Waals surface area contributed by atoms with Crippen molar-refractivity contribution in [1.29, 1.82) is 0 Å². The summed E-state index contributed by atoms with van der Waals surface area (Å²) in [6.07, 6.45) is 15.2. The van der Waals surface area contributed by atoms with E-state index >= 15 is 0 Å². The number of aliphatic hydroxyl groups excluding tert-OH is 1. The Morgan fingerprint density at radius 3 is 1.82 bits per heavy atom. The molecule has 0 spiro atoms. The molecule has 0 heterocycles. The molecule has 0 saturated carbocycles. The largest absolute Gasteiger partial charge is 0.463 e. The SMILES string of the molecule is CCCCCCCCCCCCCCCC(=O)OC[C@@H](O)COS(=O)(=O)c1ccc(C)cc1. The normalized spacial score (nSPS) is 12.6. The molecule has 1 atom stereocenters. The average molecular weight is 485 g/mol. The van der Waals surface area contributed by atoms with Crippen LogP contribution in [0.3, 0.4) is 0 Å². The summed E-state index contributed by atoms with van der Waals surface area (Å²) in [5.74, 6) is -0.376. The molecule has 33 heavy (non-hydrogen) atoms. The summed E-state index contributed by atoms with van der Waals surface area (Å²) in [5, 5.41) is 9.87. The van der Waals surface area contributed by atoms with E-state index in [0.717, 1.165) is 24.8 Å². The van der Waals surface area contributed by atoms with Gasteiger partial charge in [-0.25, -0.2) is 0 Å². The van der Waals surface area contributed by atoms with Gasteiger partial charge in [0.2, 0.25) is 0 Å². The molecule has 0 bridgehead atoms. The van der Waals surface area contributed by atoms with Gasteiger partial charge in [-0.05, 0) is 25.5 Å². The highest BCUT2D eigenvalue weighted by atomic mass is 32.2. The van der Waals surface area contributed by atoms with Crippen LogP contribution in [0.4, 0.5) is 0 Å². The second kappa shape index (κ2) is 18.0. The van der Waals surface area contributed by atoms with E-state index in [2.05, 4.69) is 6.92 Å². The van der Waals surface area contributed by atoms with Crippen molar-refractivity contribution in [2.45, 2.75) is 115 Å². The summed E-state index contributed by atoms with van der Waals surface area (Å²) in [6.45, 7) is 3.37. The van der Waals surface area contributed by atoms with Gasteiger partial charge in [0.25, 0.3) is 10.1 Å². The highest BCUT2D eigenvalue weighted by Crippen LogP contribution is 2.14. The lowest BCUT2D eigenvalue weighted by Gasteiger charge is -2.12. The van der Waals surface area contributed by atoms with Gasteiger partial charge >= 0.3 is 5.97 Å². The highest BCUT2D eigenvalue weighted by Gasteiger charge is 2.18. The van der Waals surface area contributed by atoms with E-state index < -0.39 is 22.8 Å². The first-order valence-electron chi connectivity index (χ1n) is 12.6. The van der Waals surface area contributed by atoms with E-state index in [9.17, 15) is 18.3 Å². The molecule has 1 aromatic rings. The highest BCUT2D eigenvalue weighted by molar-refractivity contribution is 7.86. The minimum Gasteiger partial charge on any atom is -0.463 e. The molecule has 0 aromatic heterocycles. The minimum absolute atomic E-state index is 0.0275. The van der Waals surface area contributed by atoms with Crippen molar-refractivity contribution < 1.29 is 27.2 Å². The molecule has 0 radical (unpaired) electrons. The molecule has 0 fully saturated rings. The maximum Gasteiger partial charge on any atom is 0.305 e. The van der Waals surface area contributed by atoms with Crippen LogP contribution in [0.2, 0.25) is 0 Å². The third-order valence-corrected chi connectivity index (χ3v) is 6.94. The quantitative estimate of drug-likeness (QED) is 0.137. The van der Waals surface area contributed by atoms with Gasteiger partial charge in [-0.1, -0.05) is 102 Å². The summed E-state index contributed by atoms with van der Waals surface area (Å²) in [6, 6.07) is 6.25. The standard InChI is InChI=1S/C26H44O6S/c1-3-4-5-6-7-8-9-10-11-12-13-14-15-16-26(28)31-21-24(27)22-32-33(29,30)25-19-17-23(2)18-20-25/h17-20,24,27H,3-16,21-22H2,1-2H3/t24-/m1/s1. The second-order valence-electron chi connectivity index (χ2n) is 8.88. The summed E-state index contributed by atoms with van der Waals surface area (Å²) < 4.78 is 34.1. The number of hydrogen-bond donors (Lipinski definition) is 1. The topological polar surface area (TPSA) is 89.9 Å². The molecule has 190 valence electrons. The fourth-order valence-electron chi connectivity index (χ4n) is 3.54. The van der Waals surface area contributed by atoms with Crippen LogP contribution in [0.25, 0.3) is 0 Å². The van der Waals surface area contributed by atoms with E-state index in [4.69, 9.17) is 8.92 Å². The lowest BCUT2D eigenvalue weighted by atomic mass is 10.0. The predicted molar refractivity (Wildman–Crippen MR) is 132 cm³/mol. The summed E-state index contributed by atoms with van der Waals surface area (Å²) in [7, 11) is -3.95. The Kier molecular flexibility index (Phi) is 16.1. The van der Waals surface area contributed by atoms with Gasteiger partial charge < -0.3 is 9.84 Å². The maximum absolute atomic E-state index is 12.1. The molecular formula is C26H44O6S. The Labute approximate surface area is 201 Å². The third-order valence-electron chi connectivity index (χ3n) is 5.65. The molecule has 0 amide bonds. The molecule has 7 heteroatoms. The van der Waals surface area contributed by atoms with Crippen molar-refractivity contribution in [3.63, 3.8) is 0 Å². The van der Waals surface area contributed by atoms with Gasteiger partial charge in [-0.2, -0.15) is 8.42 Å². The number of aryl methyl sites for hydroxylation is 1. The first kappa shape index (κ1) is 29.6. The average Bonchev–Trinajstić information content (AvgIpc) is 2.79. The Hall–Kier alpha value is -1.44. The molecule has 0 aliphatic carbocycles. The van der Waals surface area contributed by atoms with Gasteiger partial charge in [0, 0.05) is 6.42 Å². The van der Waals surface area contributed by atoms with Gasteiger partial charge in [-0.3, -0.25) is 8.98 Å². The molecule has 1 N–H and O–H groups in total. The number of carbonyl (C=O) groups is 1. The number of rotatable bonds is 20. The molecule has 1 aromatic carbocycles. The zero-order valence-corrected chi connectivity index (χ0v) is 21.4. The second-order valence-corrected chi connectivity index (χ2v) is 10.5. The lowest BCUT2D eigenvalue weighted by molar-refractivity contribution is -0.147. The fourth-order valence-corrected chi connectivity index (χ4v) is 4.48. The van der Waals surface area contributed by atoms with Crippen LogP contribution in [0, 0.1) is 6.92 Å². The van der Waals surface area contributed by atoms with Crippen molar-refractivity contribution in [3.8, 4) is 0 Å². The number of carbonyl (C=O) groups excluding carboxylic acids is 1. The molecule has 0 unspecified atom stereocenters. The predicted octanol–water partition coefficient (Wildman–Crippen LogP) is 6.09. The van der Waals surface area contributed by atoms with Crippen molar-refractivity contribution in [3.05, 3.63) is 29.8 Å². The van der Waals surface area contributed by atoms with Crippen molar-refractivity contribution in [1.82, 2.24) is 0 Å². The van der Waals surface area contributed by atoms with Crippen LogP contribution in [0.15, 0.2) is 29.2 Å². The number of aliphatic hydroxyl groups is 1. The number of esters is 1. The van der Waals surface area contributed by atoms with Crippen LogP contribution in [0.1, 0.15) is 102 Å². The first-order valence-corrected chi connectivity index (χ1v) is 14.1. The summed E-state index contributed by atoms with van der Waals surface area (Å²) >= 11 is 0. The van der Waals surface area contributed by atoms with E-state index in [0.29, 0.717) is 6.42 Å². The Balaban J connectivity index is 1.99. The van der Waals surface area contributed by atoms with Crippen LogP contribution in [-0.2, 0) is 23.8 Å². The van der Waals surface area contributed by atoms with Gasteiger partial charge in [-0.15, -0.1) is 0 Å². The number of ether oxygens (including phenoxy) is 1. The van der Waals surface area contributed by atoms with E-state index in [1.54, 1.807) is 12.1 Å². The molecule has 0 aliphatic rings. The molecule has 0 aliphatic heterocycles. The zero-order valence-electron chi connectivity index (χ0n) is 20.6. The van der Waals surface area contributed by atoms with Gasteiger partial charge in [0.05, 0.1) is 11.5 Å². The van der Waals surface area contributed by atoms with E-state index in [1.165, 1.54) is 76.3 Å². The number of hydrogen-bond acceptors (Lipinski definition) is 6. The molecule has 1 rings (SSSR count). The van der Waals surface area contributed by atoms with E-state index in [1.807, 2.05) is 6.92 Å². The Morgan fingerprint density at radius 1 is 0.818 bits per heavy atom. The van der Waals surface area contributed by atoms with Crippen molar-refractivity contribution in [2.24, 2.45) is 0 Å². The Bertz CT molecular complexity index is 730. The Morgan fingerprint density at radius 2 is 1.30 bits per heavy atom. The number of unbranched alkanes of at least 4 members (excludes halogenated alkanes) is 12. The van der Waals surface area contributed by atoms with Crippen molar-refractivity contribution >= 4 is 16.1 Å². The van der Waals surface area contributed by atoms with Gasteiger partial charge in [0.1, 0.15) is 12.7 Å². The minimum atomic E-state index is -3.95. The van der Waals surface area contributed by atoms with Gasteiger partial charge in [0.15, 0.2) is 0 Å². The fraction of sp³-hybridized carbons (Fsp3) is 0.731. The smallest absolute Gasteiger partial charge is 0.305 e. The summed E-state index contributed by atoms with van der Waals surface area (Å²) in [5.41, 5.74) is 0.935. The molecule has 6 nitrogen and oxygen atoms in total. The zero-order chi connectivity index (χ0) is 24.4. The first-order chi connectivity index (χ1) is 15.8. The van der Waals surface area contributed by atoms with Crippen LogP contribution >= 0.6 is 0 Å². The monoisotopic (exact) mass is 484 g/mol. The van der Waals surface area contributed by atoms with E-state index in [-0.39, 0.29) is 17.5 Å². The third kappa shape index (κ3) is 15.2. The number of benzene rings is 1. The van der Waals surface area contributed by atoms with Crippen molar-refractivity contribution in [2.75, 3.05) is 13.2 Å².